The van der Waals surface area contributed by atoms with Crippen LogP contribution in [-0.2, 0) is 6.54 Å². The summed E-state index contributed by atoms with van der Waals surface area (Å²) in [6, 6.07) is 7.13. The number of hydrogen-bond acceptors (Lipinski definition) is 4. The van der Waals surface area contributed by atoms with E-state index < -0.39 is 0 Å². The fourth-order valence-corrected chi connectivity index (χ4v) is 1.37. The maximum absolute atomic E-state index is 8.15. The molecule has 0 aliphatic heterocycles. The molecule has 0 spiro atoms. The predicted molar refractivity (Wildman–Crippen MR) is 57.6 cm³/mol. The molecule has 0 unspecified atom stereocenters. The van der Waals surface area contributed by atoms with Gasteiger partial charge in [-0.1, -0.05) is 34.0 Å². The molecule has 0 radical (unpaired) electrons. The molecule has 2 rings (SSSR count). The van der Waals surface area contributed by atoms with Gasteiger partial charge in [0, 0.05) is 4.91 Å². The number of aromatic nitrogens is 2. The van der Waals surface area contributed by atoms with Crippen molar-refractivity contribution in [3.8, 4) is 11.5 Å². The van der Waals surface area contributed by atoms with Crippen molar-refractivity contribution in [1.82, 2.24) is 10.1 Å². The maximum atomic E-state index is 8.15. The zero-order chi connectivity index (χ0) is 11.4. The molecule has 0 aliphatic carbocycles. The summed E-state index contributed by atoms with van der Waals surface area (Å²) in [5.41, 5.74) is 8.80. The van der Waals surface area contributed by atoms with Gasteiger partial charge >= 0.3 is 0 Å². The van der Waals surface area contributed by atoms with E-state index in [1.54, 1.807) is 12.1 Å². The van der Waals surface area contributed by atoms with Gasteiger partial charge in [0.25, 0.3) is 5.89 Å². The molecule has 16 heavy (non-hydrogen) atoms. The Morgan fingerprint density at radius 2 is 2.25 bits per heavy atom. The Balaban J connectivity index is 2.31. The van der Waals surface area contributed by atoms with Crippen LogP contribution >= 0.6 is 11.6 Å². The zero-order valence-electron chi connectivity index (χ0n) is 8.04. The number of azide groups is 1. The quantitative estimate of drug-likeness (QED) is 0.465. The molecule has 0 fully saturated rings. The molecule has 1 aromatic carbocycles. The predicted octanol–water partition coefficient (Wildman–Crippen LogP) is 3.20. The highest BCUT2D eigenvalue weighted by atomic mass is 35.5. The van der Waals surface area contributed by atoms with Crippen molar-refractivity contribution in [2.24, 2.45) is 5.11 Å². The van der Waals surface area contributed by atoms with Crippen LogP contribution in [0.4, 0.5) is 0 Å². The van der Waals surface area contributed by atoms with Gasteiger partial charge in [-0.15, -0.1) is 0 Å². The van der Waals surface area contributed by atoms with Gasteiger partial charge in [0.2, 0.25) is 0 Å². The number of nitrogens with zero attached hydrogens (tertiary/aromatic N) is 5. The molecule has 0 saturated carbocycles. The Hall–Kier alpha value is -2.04. The summed E-state index contributed by atoms with van der Waals surface area (Å²) in [6.07, 6.45) is 0. The lowest BCUT2D eigenvalue weighted by atomic mass is 10.2. The van der Waals surface area contributed by atoms with Gasteiger partial charge in [-0.3, -0.25) is 0 Å². The van der Waals surface area contributed by atoms with E-state index in [0.717, 1.165) is 0 Å². The molecule has 7 heteroatoms. The van der Waals surface area contributed by atoms with E-state index in [0.29, 0.717) is 22.3 Å². The molecule has 1 aromatic heterocycles. The smallest absolute Gasteiger partial charge is 0.259 e. The monoisotopic (exact) mass is 235 g/mol. The molecule has 0 N–H and O–H groups in total. The summed E-state index contributed by atoms with van der Waals surface area (Å²) >= 11 is 5.96. The van der Waals surface area contributed by atoms with Crippen molar-refractivity contribution >= 4 is 11.6 Å². The Kier molecular flexibility index (Phi) is 3.05. The van der Waals surface area contributed by atoms with Crippen molar-refractivity contribution in [3.63, 3.8) is 0 Å². The van der Waals surface area contributed by atoms with E-state index in [4.69, 9.17) is 21.7 Å². The van der Waals surface area contributed by atoms with Gasteiger partial charge in [-0.2, -0.15) is 4.98 Å². The summed E-state index contributed by atoms with van der Waals surface area (Å²) < 4.78 is 5.00. The van der Waals surface area contributed by atoms with Crippen LogP contribution in [0.3, 0.4) is 0 Å². The highest BCUT2D eigenvalue weighted by molar-refractivity contribution is 6.33. The highest BCUT2D eigenvalue weighted by Gasteiger charge is 2.10. The van der Waals surface area contributed by atoms with Crippen LogP contribution in [0.25, 0.3) is 21.9 Å². The lowest BCUT2D eigenvalue weighted by Gasteiger charge is -1.95. The first-order valence-corrected chi connectivity index (χ1v) is 4.77. The topological polar surface area (TPSA) is 87.7 Å². The second-order valence-corrected chi connectivity index (χ2v) is 3.29. The Labute approximate surface area is 95.5 Å². The van der Waals surface area contributed by atoms with E-state index in [1.807, 2.05) is 12.1 Å². The molecular weight excluding hydrogens is 230 g/mol. The van der Waals surface area contributed by atoms with Crippen LogP contribution < -0.4 is 0 Å². The van der Waals surface area contributed by atoms with Gasteiger partial charge in [0.15, 0.2) is 5.82 Å². The SMILES string of the molecule is [N-]=[N+]=NCc1noc(-c2ccccc2Cl)n1. The minimum atomic E-state index is 0.0600. The van der Waals surface area contributed by atoms with Gasteiger partial charge < -0.3 is 4.52 Å². The molecule has 0 amide bonds. The third kappa shape index (κ3) is 2.13. The molecule has 0 bridgehead atoms. The Morgan fingerprint density at radius 3 is 3.00 bits per heavy atom. The van der Waals surface area contributed by atoms with Crippen LogP contribution in [0, 0.1) is 0 Å². The van der Waals surface area contributed by atoms with Gasteiger partial charge in [-0.05, 0) is 17.7 Å². The number of hydrogen-bond donors (Lipinski definition) is 0. The molecular formula is C9H6ClN5O. The van der Waals surface area contributed by atoms with Gasteiger partial charge in [-0.25, -0.2) is 0 Å². The van der Waals surface area contributed by atoms with Crippen LogP contribution in [0.5, 0.6) is 0 Å². The van der Waals surface area contributed by atoms with Crippen molar-refractivity contribution in [3.05, 3.63) is 45.6 Å². The molecule has 1 heterocycles. The second kappa shape index (κ2) is 4.65. The fraction of sp³-hybridized carbons (Fsp3) is 0.111. The van der Waals surface area contributed by atoms with Crippen LogP contribution in [0.2, 0.25) is 5.02 Å². The van der Waals surface area contributed by atoms with E-state index >= 15 is 0 Å². The summed E-state index contributed by atoms with van der Waals surface area (Å²) in [5, 5.41) is 7.52. The highest BCUT2D eigenvalue weighted by Crippen LogP contribution is 2.25. The first kappa shape index (κ1) is 10.5. The first-order valence-electron chi connectivity index (χ1n) is 4.39. The third-order valence-electron chi connectivity index (χ3n) is 1.85. The van der Waals surface area contributed by atoms with Crippen molar-refractivity contribution in [2.45, 2.75) is 6.54 Å². The normalized spacial score (nSPS) is 9.81. The van der Waals surface area contributed by atoms with Gasteiger partial charge in [0.05, 0.1) is 17.1 Å². The maximum Gasteiger partial charge on any atom is 0.259 e. The fourth-order valence-electron chi connectivity index (χ4n) is 1.16. The second-order valence-electron chi connectivity index (χ2n) is 2.88. The minimum Gasteiger partial charge on any atom is -0.334 e. The van der Waals surface area contributed by atoms with Crippen LogP contribution in [0.1, 0.15) is 5.82 Å². The number of halogens is 1. The zero-order valence-corrected chi connectivity index (χ0v) is 8.79. The average Bonchev–Trinajstić information content (AvgIpc) is 2.75. The lowest BCUT2D eigenvalue weighted by Crippen LogP contribution is -1.83. The first-order chi connectivity index (χ1) is 7.81. The standard InChI is InChI=1S/C9H6ClN5O/c10-7-4-2-1-3-6(7)9-13-8(14-16-9)5-12-15-11/h1-4H,5H2. The minimum absolute atomic E-state index is 0.0600. The summed E-state index contributed by atoms with van der Waals surface area (Å²) in [7, 11) is 0. The van der Waals surface area contributed by atoms with Crippen molar-refractivity contribution in [2.75, 3.05) is 0 Å². The van der Waals surface area contributed by atoms with E-state index in [1.165, 1.54) is 0 Å². The average molecular weight is 236 g/mol. The van der Waals surface area contributed by atoms with Crippen molar-refractivity contribution < 1.29 is 4.52 Å². The van der Waals surface area contributed by atoms with E-state index in [2.05, 4.69) is 20.2 Å². The third-order valence-corrected chi connectivity index (χ3v) is 2.18. The van der Waals surface area contributed by atoms with Crippen LogP contribution in [-0.4, -0.2) is 10.1 Å². The van der Waals surface area contributed by atoms with Crippen LogP contribution in [0.15, 0.2) is 33.9 Å². The molecule has 0 atom stereocenters. The lowest BCUT2D eigenvalue weighted by molar-refractivity contribution is 0.423. The molecule has 6 nitrogen and oxygen atoms in total. The Morgan fingerprint density at radius 1 is 1.44 bits per heavy atom. The summed E-state index contributed by atoms with van der Waals surface area (Å²) in [5.74, 6) is 0.640. The largest absolute Gasteiger partial charge is 0.334 e. The number of benzene rings is 1. The molecule has 80 valence electrons. The molecule has 0 saturated heterocycles. The molecule has 2 aromatic rings. The summed E-state index contributed by atoms with van der Waals surface area (Å²) in [4.78, 5) is 6.66. The Bertz CT molecular complexity index is 546. The van der Waals surface area contributed by atoms with E-state index in [-0.39, 0.29) is 6.54 Å². The van der Waals surface area contributed by atoms with E-state index in [9.17, 15) is 0 Å². The van der Waals surface area contributed by atoms with Gasteiger partial charge in [0.1, 0.15) is 0 Å². The van der Waals surface area contributed by atoms with Crippen molar-refractivity contribution in [1.29, 1.82) is 0 Å². The molecule has 0 aliphatic rings. The number of rotatable bonds is 3. The summed E-state index contributed by atoms with van der Waals surface area (Å²) in [6.45, 7) is 0.0600.